The molecule has 0 spiro atoms. The van der Waals surface area contributed by atoms with Crippen LogP contribution in [-0.2, 0) is 9.53 Å². The van der Waals surface area contributed by atoms with Gasteiger partial charge in [0.1, 0.15) is 0 Å². The van der Waals surface area contributed by atoms with Crippen LogP contribution in [0.4, 0.5) is 5.69 Å². The molecule has 2 heterocycles. The van der Waals surface area contributed by atoms with Gasteiger partial charge in [0, 0.05) is 5.69 Å². The zero-order valence-electron chi connectivity index (χ0n) is 12.9. The van der Waals surface area contributed by atoms with Gasteiger partial charge in [0.25, 0.3) is 0 Å². The highest BCUT2D eigenvalue weighted by Crippen LogP contribution is 2.49. The number of benzene rings is 2. The number of hydrogen-bond acceptors (Lipinski definition) is 2. The number of carbonyl (C=O) groups excluding carboxylic acids is 1. The van der Waals surface area contributed by atoms with Gasteiger partial charge in [-0.2, -0.15) is 0 Å². The summed E-state index contributed by atoms with van der Waals surface area (Å²) < 4.78 is 5.94. The van der Waals surface area contributed by atoms with Crippen molar-refractivity contribution in [3.05, 3.63) is 42.5 Å². The third-order valence-corrected chi connectivity index (χ3v) is 5.45. The second-order valence-corrected chi connectivity index (χ2v) is 7.03. The van der Waals surface area contributed by atoms with Gasteiger partial charge >= 0.3 is 0 Å². The number of carbonyl (C=O) groups is 1. The first-order valence-electron chi connectivity index (χ1n) is 8.03. The van der Waals surface area contributed by atoms with Crippen molar-refractivity contribution >= 4 is 22.4 Å². The maximum atomic E-state index is 12.8. The molecule has 0 radical (unpaired) electrons. The Morgan fingerprint density at radius 2 is 1.77 bits per heavy atom. The molecule has 3 fully saturated rings. The fourth-order valence-corrected chi connectivity index (χ4v) is 3.68. The molecule has 0 atom stereocenters. The van der Waals surface area contributed by atoms with Gasteiger partial charge in [0.05, 0.1) is 17.6 Å². The average Bonchev–Trinajstić information content (AvgIpc) is 2.56. The molecule has 5 rings (SSSR count). The number of anilines is 1. The van der Waals surface area contributed by atoms with E-state index in [1.165, 1.54) is 5.39 Å². The predicted molar refractivity (Wildman–Crippen MR) is 87.8 cm³/mol. The average molecular weight is 295 g/mol. The summed E-state index contributed by atoms with van der Waals surface area (Å²) in [4.78, 5) is 12.8. The second kappa shape index (κ2) is 4.82. The third-order valence-electron chi connectivity index (χ3n) is 5.45. The SMILES string of the molecule is CC12CCC(C(=O)Nc3ccc4ccccc4c3)(CC1)CO2. The van der Waals surface area contributed by atoms with E-state index in [0.29, 0.717) is 6.61 Å². The summed E-state index contributed by atoms with van der Waals surface area (Å²) in [6.45, 7) is 2.72. The highest BCUT2D eigenvalue weighted by molar-refractivity contribution is 5.98. The van der Waals surface area contributed by atoms with E-state index < -0.39 is 0 Å². The van der Waals surface area contributed by atoms with Crippen LogP contribution in [-0.4, -0.2) is 18.1 Å². The summed E-state index contributed by atoms with van der Waals surface area (Å²) in [5.41, 5.74) is 0.547. The van der Waals surface area contributed by atoms with Gasteiger partial charge in [-0.25, -0.2) is 0 Å². The minimum atomic E-state index is -0.330. The predicted octanol–water partition coefficient (Wildman–Crippen LogP) is 4.13. The number of amides is 1. The van der Waals surface area contributed by atoms with Gasteiger partial charge in [-0.05, 0) is 55.5 Å². The molecule has 2 saturated heterocycles. The van der Waals surface area contributed by atoms with E-state index in [4.69, 9.17) is 4.74 Å². The number of nitrogens with one attached hydrogen (secondary N) is 1. The highest BCUT2D eigenvalue weighted by Gasteiger charge is 2.51. The first-order valence-corrected chi connectivity index (χ1v) is 8.03. The van der Waals surface area contributed by atoms with E-state index in [1.807, 2.05) is 24.3 Å². The van der Waals surface area contributed by atoms with E-state index in [1.54, 1.807) is 0 Å². The van der Waals surface area contributed by atoms with Crippen LogP contribution in [0.5, 0.6) is 0 Å². The number of hydrogen-bond donors (Lipinski definition) is 1. The minimum absolute atomic E-state index is 0.00494. The van der Waals surface area contributed by atoms with Gasteiger partial charge in [-0.3, -0.25) is 4.79 Å². The number of rotatable bonds is 2. The molecule has 1 aliphatic carbocycles. The minimum Gasteiger partial charge on any atom is -0.374 e. The van der Waals surface area contributed by atoms with Crippen LogP contribution in [0.2, 0.25) is 0 Å². The summed E-state index contributed by atoms with van der Waals surface area (Å²) in [6.07, 6.45) is 3.84. The molecule has 3 heteroatoms. The van der Waals surface area contributed by atoms with Crippen LogP contribution >= 0.6 is 0 Å². The van der Waals surface area contributed by atoms with Crippen molar-refractivity contribution in [3.63, 3.8) is 0 Å². The van der Waals surface area contributed by atoms with Gasteiger partial charge in [0.15, 0.2) is 0 Å². The topological polar surface area (TPSA) is 38.3 Å². The lowest BCUT2D eigenvalue weighted by Gasteiger charge is -2.50. The molecule has 2 aromatic rings. The first-order chi connectivity index (χ1) is 10.6. The molecule has 0 unspecified atom stereocenters. The Hall–Kier alpha value is -1.87. The van der Waals surface area contributed by atoms with Gasteiger partial charge in [0.2, 0.25) is 5.91 Å². The van der Waals surface area contributed by atoms with Crippen molar-refractivity contribution in [2.45, 2.75) is 38.2 Å². The largest absolute Gasteiger partial charge is 0.374 e. The molecule has 3 nitrogen and oxygen atoms in total. The monoisotopic (exact) mass is 295 g/mol. The van der Waals surface area contributed by atoms with Gasteiger partial charge in [-0.15, -0.1) is 0 Å². The summed E-state index contributed by atoms with van der Waals surface area (Å²) >= 11 is 0. The molecule has 2 bridgehead atoms. The molecule has 114 valence electrons. The van der Waals surface area contributed by atoms with Crippen LogP contribution in [0.15, 0.2) is 42.5 Å². The summed E-state index contributed by atoms with van der Waals surface area (Å²) in [5, 5.41) is 5.45. The lowest BCUT2D eigenvalue weighted by molar-refractivity contribution is -0.180. The molecule has 3 aliphatic rings. The standard InChI is InChI=1S/C19H21NO2/c1-18-8-10-19(11-9-18,13-22-18)17(21)20-16-7-6-14-4-2-3-5-15(14)12-16/h2-7,12H,8-11,13H2,1H3,(H,20,21). The van der Waals surface area contributed by atoms with Gasteiger partial charge in [-0.1, -0.05) is 30.3 Å². The zero-order chi connectivity index (χ0) is 15.2. The maximum absolute atomic E-state index is 12.8. The first kappa shape index (κ1) is 13.8. The molecular weight excluding hydrogens is 274 g/mol. The van der Waals surface area contributed by atoms with E-state index in [2.05, 4.69) is 30.4 Å². The summed E-state index contributed by atoms with van der Waals surface area (Å²) in [5.74, 6) is 0.115. The fraction of sp³-hybridized carbons (Fsp3) is 0.421. The van der Waals surface area contributed by atoms with Crippen LogP contribution in [0, 0.1) is 5.41 Å². The fourth-order valence-electron chi connectivity index (χ4n) is 3.68. The Labute approximate surface area is 130 Å². The van der Waals surface area contributed by atoms with Crippen molar-refractivity contribution < 1.29 is 9.53 Å². The lowest BCUT2D eigenvalue weighted by Crippen LogP contribution is -2.54. The molecule has 1 amide bonds. The number of ether oxygens (including phenoxy) is 1. The molecule has 2 aromatic carbocycles. The van der Waals surface area contributed by atoms with Gasteiger partial charge < -0.3 is 10.1 Å². The highest BCUT2D eigenvalue weighted by atomic mass is 16.5. The van der Waals surface area contributed by atoms with Crippen LogP contribution < -0.4 is 5.32 Å². The maximum Gasteiger partial charge on any atom is 0.232 e. The second-order valence-electron chi connectivity index (χ2n) is 7.03. The van der Waals surface area contributed by atoms with Crippen molar-refractivity contribution in [3.8, 4) is 0 Å². The van der Waals surface area contributed by atoms with E-state index in [9.17, 15) is 4.79 Å². The van der Waals surface area contributed by atoms with E-state index >= 15 is 0 Å². The van der Waals surface area contributed by atoms with E-state index in [0.717, 1.165) is 36.8 Å². The Morgan fingerprint density at radius 1 is 1.05 bits per heavy atom. The summed E-state index contributed by atoms with van der Waals surface area (Å²) in [6, 6.07) is 14.3. The molecule has 22 heavy (non-hydrogen) atoms. The molecule has 1 N–H and O–H groups in total. The Balaban J connectivity index is 1.56. The Kier molecular flexibility index (Phi) is 3.01. The third kappa shape index (κ3) is 2.20. The zero-order valence-corrected chi connectivity index (χ0v) is 12.9. The Morgan fingerprint density at radius 3 is 2.45 bits per heavy atom. The van der Waals surface area contributed by atoms with Crippen LogP contribution in [0.25, 0.3) is 10.8 Å². The molecule has 2 aliphatic heterocycles. The molecule has 0 aromatic heterocycles. The smallest absolute Gasteiger partial charge is 0.232 e. The quantitative estimate of drug-likeness (QED) is 0.904. The van der Waals surface area contributed by atoms with Crippen molar-refractivity contribution in [2.75, 3.05) is 11.9 Å². The van der Waals surface area contributed by atoms with Crippen LogP contribution in [0.3, 0.4) is 0 Å². The lowest BCUT2D eigenvalue weighted by atomic mass is 9.66. The normalized spacial score (nSPS) is 30.4. The molecular formula is C19H21NO2. The molecule has 1 saturated carbocycles. The van der Waals surface area contributed by atoms with Crippen LogP contribution in [0.1, 0.15) is 32.6 Å². The summed E-state index contributed by atoms with van der Waals surface area (Å²) in [7, 11) is 0. The van der Waals surface area contributed by atoms with E-state index in [-0.39, 0.29) is 16.9 Å². The Bertz CT molecular complexity index is 713. The van der Waals surface area contributed by atoms with Crippen molar-refractivity contribution in [2.24, 2.45) is 5.41 Å². The number of fused-ring (bicyclic) bond motifs is 4. The van der Waals surface area contributed by atoms with Crippen molar-refractivity contribution in [1.29, 1.82) is 0 Å². The van der Waals surface area contributed by atoms with Crippen molar-refractivity contribution in [1.82, 2.24) is 0 Å².